The highest BCUT2D eigenvalue weighted by atomic mass is 32.2. The molecule has 5 heterocycles. The number of aryl methyl sites for hydroxylation is 1. The number of urea groups is 1. The first kappa shape index (κ1) is 39.3. The molecule has 1 unspecified atom stereocenters. The molecule has 0 bridgehead atoms. The zero-order valence-corrected chi connectivity index (χ0v) is 31.1. The minimum atomic E-state index is -4.67. The first-order valence-corrected chi connectivity index (χ1v) is 19.3. The highest BCUT2D eigenvalue weighted by Gasteiger charge is 2.36. The average Bonchev–Trinajstić information content (AvgIpc) is 3.50. The van der Waals surface area contributed by atoms with Crippen molar-refractivity contribution in [3.63, 3.8) is 0 Å². The summed E-state index contributed by atoms with van der Waals surface area (Å²) in [5, 5.41) is 10.8. The number of halogens is 5. The summed E-state index contributed by atoms with van der Waals surface area (Å²) in [5.74, 6) is 0.125. The maximum atomic E-state index is 14.0. The fraction of sp³-hybridized carbons (Fsp3) is 0.472. The quantitative estimate of drug-likeness (QED) is 0.181. The van der Waals surface area contributed by atoms with Crippen LogP contribution in [0.3, 0.4) is 0 Å². The van der Waals surface area contributed by atoms with Crippen molar-refractivity contribution in [1.29, 1.82) is 0 Å². The molecule has 4 aromatic rings. The van der Waals surface area contributed by atoms with Crippen LogP contribution in [-0.4, -0.2) is 104 Å². The van der Waals surface area contributed by atoms with Gasteiger partial charge in [0.15, 0.2) is 11.6 Å². The number of aromatic nitrogens is 4. The first-order chi connectivity index (χ1) is 26.8. The van der Waals surface area contributed by atoms with Crippen molar-refractivity contribution in [3.8, 4) is 11.5 Å². The van der Waals surface area contributed by atoms with Gasteiger partial charge in [-0.1, -0.05) is 6.07 Å². The van der Waals surface area contributed by atoms with E-state index in [-0.39, 0.29) is 59.8 Å². The summed E-state index contributed by atoms with van der Waals surface area (Å²) in [5.41, 5.74) is 1.06. The van der Waals surface area contributed by atoms with Crippen LogP contribution in [0, 0.1) is 0 Å². The molecular formula is C36H40F5N9O5S. The second-order valence-corrected chi connectivity index (χ2v) is 15.3. The van der Waals surface area contributed by atoms with E-state index in [4.69, 9.17) is 4.74 Å². The number of benzene rings is 2. The van der Waals surface area contributed by atoms with Crippen molar-refractivity contribution in [3.05, 3.63) is 59.9 Å². The summed E-state index contributed by atoms with van der Waals surface area (Å²) < 4.78 is 93.7. The molecule has 2 aromatic heterocycles. The molecule has 2 N–H and O–H groups in total. The second-order valence-electron chi connectivity index (χ2n) is 13.8. The number of hydrogen-bond acceptors (Lipinski definition) is 10. The lowest BCUT2D eigenvalue weighted by Gasteiger charge is -2.32. The van der Waals surface area contributed by atoms with Gasteiger partial charge in [0.25, 0.3) is 0 Å². The smallest absolute Gasteiger partial charge is 0.419 e. The molecule has 20 heteroatoms. The van der Waals surface area contributed by atoms with Gasteiger partial charge in [0.1, 0.15) is 23.3 Å². The topological polar surface area (TPSA) is 147 Å². The molecule has 14 nitrogen and oxygen atoms in total. The maximum absolute atomic E-state index is 14.0. The van der Waals surface area contributed by atoms with Crippen LogP contribution in [0.2, 0.25) is 0 Å². The molecule has 0 radical (unpaired) electrons. The lowest BCUT2D eigenvalue weighted by molar-refractivity contribution is -0.139. The van der Waals surface area contributed by atoms with E-state index in [1.165, 1.54) is 17.0 Å². The largest absolute Gasteiger partial charge is 0.492 e. The Morgan fingerprint density at radius 2 is 1.71 bits per heavy atom. The number of nitrogens with zero attached hydrogens (tertiary/aromatic N) is 7. The molecule has 2 aromatic carbocycles. The van der Waals surface area contributed by atoms with Crippen LogP contribution < -0.4 is 25.0 Å². The van der Waals surface area contributed by atoms with Crippen LogP contribution in [0.15, 0.2) is 53.7 Å². The Labute approximate surface area is 320 Å². The van der Waals surface area contributed by atoms with E-state index < -0.39 is 35.4 Å². The molecule has 56 heavy (non-hydrogen) atoms. The van der Waals surface area contributed by atoms with Crippen molar-refractivity contribution >= 4 is 45.6 Å². The molecule has 0 spiro atoms. The summed E-state index contributed by atoms with van der Waals surface area (Å²) >= 11 is 0. The number of carbonyl (C=O) groups is 2. The molecular weight excluding hydrogens is 766 g/mol. The number of amides is 3. The summed E-state index contributed by atoms with van der Waals surface area (Å²) in [6.45, 7) is -0.121. The summed E-state index contributed by atoms with van der Waals surface area (Å²) in [7, 11) is 0.0698. The molecule has 3 aliphatic heterocycles. The fourth-order valence-electron chi connectivity index (χ4n) is 7.27. The minimum Gasteiger partial charge on any atom is -0.492 e. The number of anilines is 2. The molecule has 3 aliphatic rings. The number of imide groups is 1. The monoisotopic (exact) mass is 805 g/mol. The zero-order valence-electron chi connectivity index (χ0n) is 30.3. The molecule has 0 saturated carbocycles. The van der Waals surface area contributed by atoms with Crippen LogP contribution in [0.25, 0.3) is 10.9 Å². The van der Waals surface area contributed by atoms with Crippen LogP contribution in [0.4, 0.5) is 38.5 Å². The van der Waals surface area contributed by atoms with E-state index >= 15 is 0 Å². The van der Waals surface area contributed by atoms with Crippen LogP contribution in [0.5, 0.6) is 11.5 Å². The zero-order chi connectivity index (χ0) is 39.6. The predicted molar refractivity (Wildman–Crippen MR) is 195 cm³/mol. The Bertz CT molecular complexity index is 2070. The Kier molecular flexibility index (Phi) is 11.7. The third-order valence-corrected chi connectivity index (χ3v) is 11.7. The van der Waals surface area contributed by atoms with E-state index in [1.807, 2.05) is 19.2 Å². The van der Waals surface area contributed by atoms with Gasteiger partial charge < -0.3 is 14.8 Å². The average molecular weight is 806 g/mol. The molecule has 300 valence electrons. The Morgan fingerprint density at radius 1 is 0.982 bits per heavy atom. The van der Waals surface area contributed by atoms with Gasteiger partial charge in [-0.25, -0.2) is 23.3 Å². The Balaban J connectivity index is 0.912. The van der Waals surface area contributed by atoms with Crippen LogP contribution in [-0.2, 0) is 29.0 Å². The number of likely N-dealkylation sites (tertiary alicyclic amines) is 1. The van der Waals surface area contributed by atoms with Crippen LogP contribution in [0.1, 0.15) is 49.1 Å². The maximum Gasteiger partial charge on any atom is 0.419 e. The molecule has 0 aliphatic carbocycles. The van der Waals surface area contributed by atoms with E-state index in [0.717, 1.165) is 60.9 Å². The third kappa shape index (κ3) is 9.02. The van der Waals surface area contributed by atoms with Crippen molar-refractivity contribution in [2.45, 2.75) is 61.7 Å². The number of fused-ring (bicyclic) bond motifs is 1. The lowest BCUT2D eigenvalue weighted by Crippen LogP contribution is -2.49. The Morgan fingerprint density at radius 3 is 2.39 bits per heavy atom. The highest BCUT2D eigenvalue weighted by Crippen LogP contribution is 2.38. The number of piperidine rings is 2. The van der Waals surface area contributed by atoms with E-state index in [1.54, 1.807) is 8.99 Å². The predicted octanol–water partition coefficient (Wildman–Crippen LogP) is 5.29. The van der Waals surface area contributed by atoms with Gasteiger partial charge in [-0.05, 0) is 80.6 Å². The summed E-state index contributed by atoms with van der Waals surface area (Å²) in [4.78, 5) is 35.9. The normalized spacial score (nSPS) is 18.7. The van der Waals surface area contributed by atoms with E-state index in [2.05, 4.69) is 41.4 Å². The van der Waals surface area contributed by atoms with Gasteiger partial charge in [0.2, 0.25) is 11.9 Å². The lowest BCUT2D eigenvalue weighted by atomic mass is 9.89. The van der Waals surface area contributed by atoms with Gasteiger partial charge in [0, 0.05) is 51.1 Å². The fourth-order valence-corrected chi connectivity index (χ4v) is 8.50. The van der Waals surface area contributed by atoms with Gasteiger partial charge in [0.05, 0.1) is 28.4 Å². The van der Waals surface area contributed by atoms with Crippen molar-refractivity contribution in [2.75, 3.05) is 56.1 Å². The first-order valence-electron chi connectivity index (χ1n) is 18.2. The second kappa shape index (κ2) is 16.6. The standard InChI is InChI=1S/C36H40F5N9O5S/c1-47-29-18-23(2-4-27(29)32(46-47)50-15-10-31(51)45-35(50)52)22-6-11-48(12-7-22)16-17-54-30-19-26(3-5-28(30)36(39,40)41)56(53)49-13-8-24(9-14-49)44-34-42-20-25(21-43-34)55-33(37)38/h2-5,18-22,24,33H,6-17H2,1H3,(H,42,43,44)(H,45,51,52). The Hall–Kier alpha value is -4.95. The molecule has 7 rings (SSSR count). The third-order valence-electron chi connectivity index (χ3n) is 10.2. The van der Waals surface area contributed by atoms with Gasteiger partial charge in [-0.3, -0.25) is 24.6 Å². The summed E-state index contributed by atoms with van der Waals surface area (Å²) in [6, 6.07) is 8.81. The number of hydrogen-bond donors (Lipinski definition) is 2. The molecule has 3 amide bonds. The van der Waals surface area contributed by atoms with Crippen molar-refractivity contribution in [1.82, 2.24) is 34.3 Å². The number of alkyl halides is 5. The van der Waals surface area contributed by atoms with E-state index in [0.29, 0.717) is 38.3 Å². The summed E-state index contributed by atoms with van der Waals surface area (Å²) in [6.07, 6.45) is 0.525. The van der Waals surface area contributed by atoms with Gasteiger partial charge in [-0.2, -0.15) is 27.1 Å². The minimum absolute atomic E-state index is 0.0115. The van der Waals surface area contributed by atoms with Crippen molar-refractivity contribution in [2.24, 2.45) is 7.05 Å². The van der Waals surface area contributed by atoms with Crippen LogP contribution >= 0.6 is 0 Å². The number of nitrogens with one attached hydrogen (secondary N) is 2. The molecule has 3 fully saturated rings. The van der Waals surface area contributed by atoms with Gasteiger partial charge >= 0.3 is 18.8 Å². The number of ether oxygens (including phenoxy) is 2. The molecule has 3 saturated heterocycles. The SMILES string of the molecule is Cn1nc(N2CCC(=O)NC2=O)c2ccc(C3CCN(CCOc4cc(S(=O)N5CCC(Nc6ncc(OC(F)F)cn6)CC5)ccc4C(F)(F)F)CC3)cc21. The highest BCUT2D eigenvalue weighted by molar-refractivity contribution is 7.82. The van der Waals surface area contributed by atoms with Gasteiger partial charge in [-0.15, -0.1) is 0 Å². The number of carbonyl (C=O) groups excluding carboxylic acids is 2. The van der Waals surface area contributed by atoms with E-state index in [9.17, 15) is 35.8 Å². The molecule has 1 atom stereocenters. The van der Waals surface area contributed by atoms with Crippen molar-refractivity contribution < 1.29 is 45.2 Å². The number of rotatable bonds is 12.